The number of rotatable bonds is 3. The van der Waals surface area contributed by atoms with Gasteiger partial charge in [-0.2, -0.15) is 0 Å². The molecule has 0 amide bonds. The fourth-order valence-corrected chi connectivity index (χ4v) is 0.383. The largest absolute Gasteiger partial charge is 0.479 e. The van der Waals surface area contributed by atoms with Gasteiger partial charge in [-0.3, -0.25) is 0 Å². The second-order valence-electron chi connectivity index (χ2n) is 1.29. The van der Waals surface area contributed by atoms with Gasteiger partial charge < -0.3 is 9.84 Å². The molecule has 0 aliphatic heterocycles. The highest BCUT2D eigenvalue weighted by Crippen LogP contribution is 2.03. The summed E-state index contributed by atoms with van der Waals surface area (Å²) in [7, 11) is 1.35. The molecule has 0 unspecified atom stereocenters. The van der Waals surface area contributed by atoms with Crippen molar-refractivity contribution in [3.8, 4) is 0 Å². The van der Waals surface area contributed by atoms with Crippen LogP contribution in [-0.2, 0) is 9.53 Å². The average molecular weight is 117 g/mol. The van der Waals surface area contributed by atoms with Gasteiger partial charge in [0.2, 0.25) is 6.10 Å². The lowest BCUT2D eigenvalue weighted by Crippen LogP contribution is -2.11. The predicted octanol–water partition coefficient (Wildman–Crippen LogP) is 0.659. The zero-order valence-corrected chi connectivity index (χ0v) is 4.97. The molecule has 47 valence electrons. The highest BCUT2D eigenvalue weighted by Gasteiger charge is 2.13. The van der Waals surface area contributed by atoms with Crippen LogP contribution in [-0.4, -0.2) is 18.2 Å². The lowest BCUT2D eigenvalue weighted by Gasteiger charge is -2.02. The van der Waals surface area contributed by atoms with Crippen LogP contribution in [0.2, 0.25) is 0 Å². The van der Waals surface area contributed by atoms with Crippen LogP contribution in [0.5, 0.6) is 0 Å². The normalized spacial score (nSPS) is 9.88. The molecule has 0 fully saturated rings. The molecule has 0 bridgehead atoms. The summed E-state index contributed by atoms with van der Waals surface area (Å²) in [4.78, 5) is 10.00. The predicted molar refractivity (Wildman–Crippen MR) is 28.2 cm³/mol. The Balaban J connectivity index is 3.52. The van der Waals surface area contributed by atoms with Gasteiger partial charge >= 0.3 is 5.97 Å². The van der Waals surface area contributed by atoms with E-state index in [1.54, 1.807) is 6.92 Å². The van der Waals surface area contributed by atoms with Crippen molar-refractivity contribution in [2.45, 2.75) is 13.3 Å². The average Bonchev–Trinajstić information content (AvgIpc) is 1.69. The molecule has 0 saturated heterocycles. The molecule has 0 atom stereocenters. The van der Waals surface area contributed by atoms with Crippen molar-refractivity contribution in [2.75, 3.05) is 7.11 Å². The Labute approximate surface area is 48.3 Å². The maximum absolute atomic E-state index is 10.00. The van der Waals surface area contributed by atoms with E-state index < -0.39 is 5.97 Å². The third kappa shape index (κ3) is 1.93. The monoisotopic (exact) mass is 117 g/mol. The lowest BCUT2D eigenvalue weighted by molar-refractivity contribution is -0.140. The summed E-state index contributed by atoms with van der Waals surface area (Å²) >= 11 is 0. The van der Waals surface area contributed by atoms with E-state index in [4.69, 9.17) is 5.11 Å². The van der Waals surface area contributed by atoms with E-state index in [1.807, 2.05) is 0 Å². The Morgan fingerprint density at radius 1 is 1.75 bits per heavy atom. The molecule has 0 aromatic heterocycles. The molecule has 3 heteroatoms. The highest BCUT2D eigenvalue weighted by atomic mass is 16.5. The minimum atomic E-state index is -0.977. The minimum absolute atomic E-state index is 0.102. The van der Waals surface area contributed by atoms with Crippen LogP contribution in [0, 0.1) is 6.10 Å². The summed E-state index contributed by atoms with van der Waals surface area (Å²) < 4.78 is 4.48. The van der Waals surface area contributed by atoms with E-state index in [9.17, 15) is 4.79 Å². The first kappa shape index (κ1) is 7.43. The third-order valence-electron chi connectivity index (χ3n) is 0.806. The fourth-order valence-electron chi connectivity index (χ4n) is 0.383. The molecule has 0 aliphatic carbocycles. The molecule has 3 nitrogen and oxygen atoms in total. The van der Waals surface area contributed by atoms with Crippen molar-refractivity contribution >= 4 is 5.97 Å². The Hall–Kier alpha value is -0.570. The standard InChI is InChI=1S/C5H9O3/c1-3-4(8-2)5(6)7/h3H2,1-2H3,(H,6,7). The van der Waals surface area contributed by atoms with E-state index in [0.717, 1.165) is 0 Å². The lowest BCUT2D eigenvalue weighted by atomic mass is 10.3. The molecule has 8 heavy (non-hydrogen) atoms. The number of carboxylic acids is 1. The zero-order valence-electron chi connectivity index (χ0n) is 4.97. The van der Waals surface area contributed by atoms with Crippen LogP contribution in [0.1, 0.15) is 13.3 Å². The van der Waals surface area contributed by atoms with E-state index in [-0.39, 0.29) is 6.10 Å². The van der Waals surface area contributed by atoms with Crippen LogP contribution < -0.4 is 0 Å². The van der Waals surface area contributed by atoms with Gasteiger partial charge in [-0.05, 0) is 6.42 Å². The molecule has 0 rings (SSSR count). The van der Waals surface area contributed by atoms with Gasteiger partial charge in [0.15, 0.2) is 0 Å². The topological polar surface area (TPSA) is 46.5 Å². The van der Waals surface area contributed by atoms with Gasteiger partial charge in [0.1, 0.15) is 0 Å². The highest BCUT2D eigenvalue weighted by molar-refractivity contribution is 5.80. The maximum atomic E-state index is 10.00. The van der Waals surface area contributed by atoms with Crippen molar-refractivity contribution in [1.82, 2.24) is 0 Å². The van der Waals surface area contributed by atoms with E-state index in [2.05, 4.69) is 4.74 Å². The number of hydrogen-bond acceptors (Lipinski definition) is 2. The molecular weight excluding hydrogens is 108 g/mol. The number of aliphatic carboxylic acids is 1. The van der Waals surface area contributed by atoms with Crippen LogP contribution in [0.4, 0.5) is 0 Å². The second-order valence-corrected chi connectivity index (χ2v) is 1.29. The molecule has 0 aromatic rings. The van der Waals surface area contributed by atoms with Crippen molar-refractivity contribution in [3.05, 3.63) is 6.10 Å². The summed E-state index contributed by atoms with van der Waals surface area (Å²) in [6, 6.07) is 0. The summed E-state index contributed by atoms with van der Waals surface area (Å²) in [5.41, 5.74) is 0. The molecule has 0 aromatic carbocycles. The SMILES string of the molecule is CC[C](OC)C(=O)O. The van der Waals surface area contributed by atoms with Gasteiger partial charge in [0.05, 0.1) is 0 Å². The number of carbonyl (C=O) groups is 1. The molecule has 1 N–H and O–H groups in total. The molecular formula is C5H9O3. The van der Waals surface area contributed by atoms with E-state index in [1.165, 1.54) is 7.11 Å². The van der Waals surface area contributed by atoms with Gasteiger partial charge in [0, 0.05) is 7.11 Å². The zero-order chi connectivity index (χ0) is 6.57. The molecule has 0 aliphatic rings. The van der Waals surface area contributed by atoms with Gasteiger partial charge in [-0.25, -0.2) is 4.79 Å². The smallest absolute Gasteiger partial charge is 0.339 e. The van der Waals surface area contributed by atoms with Crippen LogP contribution in [0.25, 0.3) is 0 Å². The Morgan fingerprint density at radius 3 is 2.25 bits per heavy atom. The molecule has 0 spiro atoms. The Bertz CT molecular complexity index is 75.7. The molecule has 1 radical (unpaired) electrons. The second kappa shape index (κ2) is 3.43. The van der Waals surface area contributed by atoms with Crippen LogP contribution >= 0.6 is 0 Å². The van der Waals surface area contributed by atoms with Crippen LogP contribution in [0.3, 0.4) is 0 Å². The number of hydrogen-bond donors (Lipinski definition) is 1. The first-order valence-corrected chi connectivity index (χ1v) is 2.35. The van der Waals surface area contributed by atoms with Crippen molar-refractivity contribution in [2.24, 2.45) is 0 Å². The van der Waals surface area contributed by atoms with Crippen molar-refractivity contribution < 1.29 is 14.6 Å². The van der Waals surface area contributed by atoms with Crippen LogP contribution in [0.15, 0.2) is 0 Å². The molecule has 0 heterocycles. The first-order valence-electron chi connectivity index (χ1n) is 2.35. The van der Waals surface area contributed by atoms with Crippen molar-refractivity contribution in [1.29, 1.82) is 0 Å². The van der Waals surface area contributed by atoms with Gasteiger partial charge in [-0.15, -0.1) is 0 Å². The van der Waals surface area contributed by atoms with Gasteiger partial charge in [-0.1, -0.05) is 6.92 Å². The summed E-state index contributed by atoms with van der Waals surface area (Å²) in [6.45, 7) is 1.73. The summed E-state index contributed by atoms with van der Waals surface area (Å²) in [5.74, 6) is -0.977. The summed E-state index contributed by atoms with van der Waals surface area (Å²) in [5, 5.41) is 8.21. The molecule has 0 saturated carbocycles. The maximum Gasteiger partial charge on any atom is 0.339 e. The minimum Gasteiger partial charge on any atom is -0.479 e. The third-order valence-corrected chi connectivity index (χ3v) is 0.806. The van der Waals surface area contributed by atoms with E-state index >= 15 is 0 Å². The first-order chi connectivity index (χ1) is 3.72. The fraction of sp³-hybridized carbons (Fsp3) is 0.600. The number of methoxy groups -OCH3 is 1. The number of ether oxygens (including phenoxy) is 1. The van der Waals surface area contributed by atoms with E-state index in [0.29, 0.717) is 6.42 Å². The quantitative estimate of drug-likeness (QED) is 0.590. The Kier molecular flexibility index (Phi) is 3.19. The van der Waals surface area contributed by atoms with Crippen molar-refractivity contribution in [3.63, 3.8) is 0 Å². The van der Waals surface area contributed by atoms with Gasteiger partial charge in [0.25, 0.3) is 0 Å². The number of carboxylic acid groups (broad SMARTS) is 1. The summed E-state index contributed by atoms with van der Waals surface area (Å²) in [6.07, 6.45) is 0.538. The Morgan fingerprint density at radius 2 is 2.25 bits per heavy atom.